The second kappa shape index (κ2) is 11.3. The minimum Gasteiger partial charge on any atom is -0.374 e. The summed E-state index contributed by atoms with van der Waals surface area (Å²) in [5.41, 5.74) is 11.6. The van der Waals surface area contributed by atoms with Crippen LogP contribution in [0, 0.1) is 11.6 Å². The van der Waals surface area contributed by atoms with Gasteiger partial charge in [-0.15, -0.1) is 0 Å². The second-order valence-corrected chi connectivity index (χ2v) is 8.31. The Hall–Kier alpha value is -4.41. The number of hydrogen-bond acceptors (Lipinski definition) is 5. The highest BCUT2D eigenvalue weighted by Gasteiger charge is 2.41. The summed E-state index contributed by atoms with van der Waals surface area (Å²) in [6.07, 6.45) is 2.20. The summed E-state index contributed by atoms with van der Waals surface area (Å²) in [5, 5.41) is 11.7. The smallest absolute Gasteiger partial charge is 0.314 e. The first kappa shape index (κ1) is 26.2. The molecule has 36 heavy (non-hydrogen) atoms. The van der Waals surface area contributed by atoms with Crippen LogP contribution in [0.4, 0.5) is 25.0 Å². The zero-order chi connectivity index (χ0) is 26.3. The highest BCUT2D eigenvalue weighted by Crippen LogP contribution is 2.39. The molecular weight excluding hydrogens is 470 g/mol. The van der Waals surface area contributed by atoms with E-state index in [9.17, 15) is 23.2 Å². The molecule has 1 unspecified atom stereocenters. The zero-order valence-corrected chi connectivity index (χ0v) is 19.7. The third-order valence-corrected chi connectivity index (χ3v) is 5.81. The van der Waals surface area contributed by atoms with E-state index in [1.54, 1.807) is 0 Å². The summed E-state index contributed by atoms with van der Waals surface area (Å²) in [7, 11) is 1.50. The molecule has 0 aliphatic heterocycles. The molecule has 2 aromatic carbocycles. The van der Waals surface area contributed by atoms with Gasteiger partial charge in [-0.2, -0.15) is 0 Å². The Morgan fingerprint density at radius 1 is 0.917 bits per heavy atom. The number of carbonyl (C=O) groups excluding carboxylic acids is 3. The Bertz CT molecular complexity index is 1200. The van der Waals surface area contributed by atoms with Crippen LogP contribution in [-0.2, 0) is 9.59 Å². The molecule has 4 amide bonds. The van der Waals surface area contributed by atoms with Gasteiger partial charge in [-0.1, -0.05) is 0 Å². The molecule has 1 atom stereocenters. The second-order valence-electron chi connectivity index (χ2n) is 8.31. The normalized spacial score (nSPS) is 17.1. The van der Waals surface area contributed by atoms with E-state index in [1.165, 1.54) is 61.7 Å². The monoisotopic (exact) mass is 498 g/mol. The number of urea groups is 1. The Labute approximate surface area is 207 Å². The van der Waals surface area contributed by atoms with Crippen LogP contribution >= 0.6 is 0 Å². The van der Waals surface area contributed by atoms with Crippen molar-refractivity contribution in [1.29, 1.82) is 0 Å². The first-order valence-corrected chi connectivity index (χ1v) is 11.2. The predicted octanol–water partition coefficient (Wildman–Crippen LogP) is 2.49. The zero-order valence-electron chi connectivity index (χ0n) is 19.7. The average molecular weight is 499 g/mol. The number of hydrogen-bond donors (Lipinski definition) is 6. The minimum atomic E-state index is -1.06. The van der Waals surface area contributed by atoms with Gasteiger partial charge in [0.1, 0.15) is 11.6 Å². The van der Waals surface area contributed by atoms with E-state index in [0.29, 0.717) is 36.5 Å². The van der Waals surface area contributed by atoms with Crippen molar-refractivity contribution in [3.05, 3.63) is 83.1 Å². The highest BCUT2D eigenvalue weighted by atomic mass is 19.1. The Balaban J connectivity index is 2.08. The number of anilines is 2. The SMILES string of the molecule is CNC(=O)NCCCC1(Nc2ccc(F)cc2)CC(C(N)=O)=C(C(N)=O)C=C1Nc1ccc(F)cc1. The molecule has 11 heteroatoms. The summed E-state index contributed by atoms with van der Waals surface area (Å²) in [6.45, 7) is 0.300. The lowest BCUT2D eigenvalue weighted by molar-refractivity contribution is -0.117. The highest BCUT2D eigenvalue weighted by molar-refractivity contribution is 6.06. The number of carbonyl (C=O) groups is 3. The fourth-order valence-corrected chi connectivity index (χ4v) is 4.03. The summed E-state index contributed by atoms with van der Waals surface area (Å²) < 4.78 is 27.1. The largest absolute Gasteiger partial charge is 0.374 e. The first-order valence-electron chi connectivity index (χ1n) is 11.2. The van der Waals surface area contributed by atoms with Gasteiger partial charge in [-0.25, -0.2) is 13.6 Å². The maximum absolute atomic E-state index is 13.6. The van der Waals surface area contributed by atoms with E-state index in [4.69, 9.17) is 11.5 Å². The standard InChI is InChI=1S/C25H28F2N6O3/c1-30-24(36)31-12-2-11-25(33-18-9-5-16(27)6-10-18)14-20(23(29)35)19(22(28)34)13-21(25)32-17-7-3-15(26)4-8-17/h3-10,13,32-33H,2,11-12,14H2,1H3,(H2,28,34)(H2,29,35)(H2,30,31,36). The van der Waals surface area contributed by atoms with Crippen molar-refractivity contribution in [2.75, 3.05) is 24.2 Å². The van der Waals surface area contributed by atoms with Gasteiger partial charge in [0.05, 0.1) is 5.54 Å². The van der Waals surface area contributed by atoms with Crippen LogP contribution in [0.3, 0.4) is 0 Å². The summed E-state index contributed by atoms with van der Waals surface area (Å²) in [6, 6.07) is 10.9. The van der Waals surface area contributed by atoms with Gasteiger partial charge in [0.25, 0.3) is 0 Å². The van der Waals surface area contributed by atoms with Crippen molar-refractivity contribution in [1.82, 2.24) is 10.6 Å². The van der Waals surface area contributed by atoms with Crippen LogP contribution < -0.4 is 32.7 Å². The lowest BCUT2D eigenvalue weighted by atomic mass is 9.76. The van der Waals surface area contributed by atoms with E-state index in [0.717, 1.165) is 0 Å². The van der Waals surface area contributed by atoms with Gasteiger partial charge >= 0.3 is 6.03 Å². The summed E-state index contributed by atoms with van der Waals surface area (Å²) in [5.74, 6) is -2.50. The predicted molar refractivity (Wildman–Crippen MR) is 133 cm³/mol. The number of nitrogens with one attached hydrogen (secondary N) is 4. The van der Waals surface area contributed by atoms with Crippen molar-refractivity contribution in [3.8, 4) is 0 Å². The van der Waals surface area contributed by atoms with Crippen LogP contribution in [0.5, 0.6) is 0 Å². The molecule has 2 aromatic rings. The Kier molecular flexibility index (Phi) is 8.26. The summed E-state index contributed by atoms with van der Waals surface area (Å²) >= 11 is 0. The molecule has 0 bridgehead atoms. The van der Waals surface area contributed by atoms with Crippen LogP contribution in [0.2, 0.25) is 0 Å². The maximum atomic E-state index is 13.6. The van der Waals surface area contributed by atoms with Gasteiger partial charge < -0.3 is 32.7 Å². The average Bonchev–Trinajstić information content (AvgIpc) is 2.85. The van der Waals surface area contributed by atoms with Crippen LogP contribution in [0.15, 0.2) is 71.5 Å². The number of primary amides is 2. The van der Waals surface area contributed by atoms with Gasteiger partial charge in [0, 0.05) is 48.2 Å². The molecule has 0 aromatic heterocycles. The van der Waals surface area contributed by atoms with Crippen LogP contribution in [-0.4, -0.2) is 37.0 Å². The Morgan fingerprint density at radius 2 is 1.50 bits per heavy atom. The van der Waals surface area contributed by atoms with Crippen molar-refractivity contribution >= 4 is 29.2 Å². The molecule has 0 saturated carbocycles. The third kappa shape index (κ3) is 6.38. The van der Waals surface area contributed by atoms with Crippen molar-refractivity contribution in [2.24, 2.45) is 11.5 Å². The number of nitrogens with two attached hydrogens (primary N) is 2. The lowest BCUT2D eigenvalue weighted by Crippen LogP contribution is -2.48. The Morgan fingerprint density at radius 3 is 2.03 bits per heavy atom. The topological polar surface area (TPSA) is 151 Å². The fourth-order valence-electron chi connectivity index (χ4n) is 4.03. The fraction of sp³-hybridized carbons (Fsp3) is 0.240. The molecule has 1 aliphatic rings. The lowest BCUT2D eigenvalue weighted by Gasteiger charge is -2.41. The van der Waals surface area contributed by atoms with Gasteiger partial charge in [-0.3, -0.25) is 9.59 Å². The van der Waals surface area contributed by atoms with E-state index in [2.05, 4.69) is 21.3 Å². The molecule has 3 rings (SSSR count). The molecule has 0 spiro atoms. The minimum absolute atomic E-state index is 0.0287. The van der Waals surface area contributed by atoms with Crippen molar-refractivity contribution < 1.29 is 23.2 Å². The van der Waals surface area contributed by atoms with E-state index in [-0.39, 0.29) is 23.6 Å². The van der Waals surface area contributed by atoms with E-state index >= 15 is 0 Å². The molecule has 9 nitrogen and oxygen atoms in total. The molecule has 0 saturated heterocycles. The molecule has 0 heterocycles. The van der Waals surface area contributed by atoms with E-state index in [1.807, 2.05) is 0 Å². The van der Waals surface area contributed by atoms with Gasteiger partial charge in [0.2, 0.25) is 11.8 Å². The van der Waals surface area contributed by atoms with Crippen molar-refractivity contribution in [2.45, 2.75) is 24.8 Å². The summed E-state index contributed by atoms with van der Waals surface area (Å²) in [4.78, 5) is 36.2. The number of halogens is 2. The quantitative estimate of drug-likeness (QED) is 0.278. The maximum Gasteiger partial charge on any atom is 0.314 e. The van der Waals surface area contributed by atoms with Crippen molar-refractivity contribution in [3.63, 3.8) is 0 Å². The van der Waals surface area contributed by atoms with Gasteiger partial charge in [-0.05, 0) is 67.4 Å². The first-order chi connectivity index (χ1) is 17.1. The third-order valence-electron chi connectivity index (χ3n) is 5.81. The molecule has 190 valence electrons. The molecule has 8 N–H and O–H groups in total. The number of amides is 4. The van der Waals surface area contributed by atoms with E-state index < -0.39 is 29.0 Å². The molecule has 1 aliphatic carbocycles. The molecular formula is C25H28F2N6O3. The number of benzene rings is 2. The molecule has 0 fully saturated rings. The molecule has 0 radical (unpaired) electrons. The van der Waals surface area contributed by atoms with Gasteiger partial charge in [0.15, 0.2) is 0 Å². The van der Waals surface area contributed by atoms with Crippen LogP contribution in [0.1, 0.15) is 19.3 Å². The van der Waals surface area contributed by atoms with Crippen LogP contribution in [0.25, 0.3) is 0 Å². The number of rotatable bonds is 10.